The molecule has 0 aromatic heterocycles. The molecular formula is C13H15Cl2NO3S. The molecule has 2 rings (SSSR count). The van der Waals surface area contributed by atoms with Crippen LogP contribution in [0, 0.1) is 5.41 Å². The first-order chi connectivity index (χ1) is 9.27. The van der Waals surface area contributed by atoms with Crippen LogP contribution in [0.15, 0.2) is 23.1 Å². The number of halogens is 2. The number of amides is 1. The van der Waals surface area contributed by atoms with Crippen molar-refractivity contribution in [2.45, 2.75) is 31.1 Å². The summed E-state index contributed by atoms with van der Waals surface area (Å²) >= 11 is 5.94. The topological polar surface area (TPSA) is 63.2 Å². The van der Waals surface area contributed by atoms with Crippen LogP contribution in [-0.4, -0.2) is 20.9 Å². The Bertz CT molecular complexity index is 639. The molecule has 1 amide bonds. The van der Waals surface area contributed by atoms with Crippen LogP contribution >= 0.6 is 22.3 Å². The van der Waals surface area contributed by atoms with Crippen molar-refractivity contribution in [3.05, 3.63) is 28.8 Å². The molecule has 0 saturated heterocycles. The first-order valence-corrected chi connectivity index (χ1v) is 8.99. The highest BCUT2D eigenvalue weighted by Crippen LogP contribution is 2.47. The monoisotopic (exact) mass is 335 g/mol. The first-order valence-electron chi connectivity index (χ1n) is 6.30. The number of hydrogen-bond acceptors (Lipinski definition) is 3. The van der Waals surface area contributed by atoms with Gasteiger partial charge in [0.1, 0.15) is 0 Å². The van der Waals surface area contributed by atoms with Crippen molar-refractivity contribution in [3.63, 3.8) is 0 Å². The molecule has 0 radical (unpaired) electrons. The summed E-state index contributed by atoms with van der Waals surface area (Å²) in [6.45, 7) is 2.67. The van der Waals surface area contributed by atoms with Gasteiger partial charge in [0, 0.05) is 17.2 Å². The predicted molar refractivity (Wildman–Crippen MR) is 78.8 cm³/mol. The van der Waals surface area contributed by atoms with Gasteiger partial charge < -0.3 is 5.32 Å². The molecule has 0 aliphatic heterocycles. The van der Waals surface area contributed by atoms with E-state index in [1.54, 1.807) is 0 Å². The lowest BCUT2D eigenvalue weighted by Gasteiger charge is -2.14. The molecule has 4 nitrogen and oxygen atoms in total. The van der Waals surface area contributed by atoms with E-state index in [0.717, 1.165) is 19.3 Å². The highest BCUT2D eigenvalue weighted by Gasteiger charge is 2.40. The molecular weight excluding hydrogens is 321 g/mol. The van der Waals surface area contributed by atoms with Crippen LogP contribution in [0.2, 0.25) is 5.02 Å². The molecule has 0 bridgehead atoms. The molecule has 20 heavy (non-hydrogen) atoms. The molecule has 1 aliphatic rings. The fraction of sp³-hybridized carbons (Fsp3) is 0.462. The van der Waals surface area contributed by atoms with Gasteiger partial charge in [-0.3, -0.25) is 4.79 Å². The standard InChI is InChI=1S/C13H15Cl2NO3S/c1-2-13(5-6-13)8-16-12(17)10-7-9(20(15,18)19)3-4-11(10)14/h3-4,7H,2,5-6,8H2,1H3,(H,16,17). The largest absolute Gasteiger partial charge is 0.351 e. The predicted octanol–water partition coefficient (Wildman–Crippen LogP) is 3.19. The second kappa shape index (κ2) is 5.54. The normalized spacial score (nSPS) is 16.8. The quantitative estimate of drug-likeness (QED) is 0.840. The van der Waals surface area contributed by atoms with Gasteiger partial charge in [-0.05, 0) is 42.9 Å². The van der Waals surface area contributed by atoms with Gasteiger partial charge in [-0.15, -0.1) is 0 Å². The molecule has 0 spiro atoms. The van der Waals surface area contributed by atoms with Crippen LogP contribution in [0.5, 0.6) is 0 Å². The van der Waals surface area contributed by atoms with Gasteiger partial charge in [-0.25, -0.2) is 8.42 Å². The summed E-state index contributed by atoms with van der Waals surface area (Å²) in [6.07, 6.45) is 3.22. The molecule has 1 saturated carbocycles. The fourth-order valence-electron chi connectivity index (χ4n) is 2.03. The Kier molecular flexibility index (Phi) is 4.33. The number of nitrogens with one attached hydrogen (secondary N) is 1. The van der Waals surface area contributed by atoms with E-state index in [0.29, 0.717) is 6.54 Å². The highest BCUT2D eigenvalue weighted by molar-refractivity contribution is 8.13. The zero-order valence-corrected chi connectivity index (χ0v) is 13.3. The molecule has 110 valence electrons. The van der Waals surface area contributed by atoms with E-state index in [-0.39, 0.29) is 26.8 Å². The zero-order valence-electron chi connectivity index (χ0n) is 10.9. The van der Waals surface area contributed by atoms with Crippen LogP contribution in [0.25, 0.3) is 0 Å². The first kappa shape index (κ1) is 15.6. The minimum atomic E-state index is -3.88. The Hall–Kier alpha value is -0.780. The third kappa shape index (κ3) is 3.45. The van der Waals surface area contributed by atoms with Crippen LogP contribution in [0.3, 0.4) is 0 Å². The minimum Gasteiger partial charge on any atom is -0.351 e. The average Bonchev–Trinajstić information content (AvgIpc) is 3.16. The summed E-state index contributed by atoms with van der Waals surface area (Å²) in [7, 11) is 1.39. The molecule has 0 unspecified atom stereocenters. The second-order valence-corrected chi connectivity index (χ2v) is 8.09. The number of hydrogen-bond donors (Lipinski definition) is 1. The molecule has 0 heterocycles. The smallest absolute Gasteiger partial charge is 0.261 e. The molecule has 1 aromatic rings. The van der Waals surface area contributed by atoms with Crippen molar-refractivity contribution in [2.24, 2.45) is 5.41 Å². The van der Waals surface area contributed by atoms with Crippen molar-refractivity contribution in [1.29, 1.82) is 0 Å². The van der Waals surface area contributed by atoms with E-state index in [9.17, 15) is 13.2 Å². The van der Waals surface area contributed by atoms with Gasteiger partial charge in [-0.2, -0.15) is 0 Å². The van der Waals surface area contributed by atoms with Crippen LogP contribution in [0.4, 0.5) is 0 Å². The summed E-state index contributed by atoms with van der Waals surface area (Å²) < 4.78 is 22.6. The van der Waals surface area contributed by atoms with Gasteiger partial charge in [0.15, 0.2) is 0 Å². The minimum absolute atomic E-state index is 0.125. The summed E-state index contributed by atoms with van der Waals surface area (Å²) in [5, 5.41) is 3.01. The van der Waals surface area contributed by atoms with Crippen molar-refractivity contribution < 1.29 is 13.2 Å². The van der Waals surface area contributed by atoms with E-state index >= 15 is 0 Å². The molecule has 1 aliphatic carbocycles. The summed E-state index contributed by atoms with van der Waals surface area (Å²) in [4.78, 5) is 12.0. The van der Waals surface area contributed by atoms with E-state index in [1.807, 2.05) is 0 Å². The Labute approximate surface area is 127 Å². The Morgan fingerprint density at radius 2 is 2.05 bits per heavy atom. The van der Waals surface area contributed by atoms with Gasteiger partial charge in [0.2, 0.25) is 0 Å². The summed E-state index contributed by atoms with van der Waals surface area (Å²) in [5.41, 5.74) is 0.332. The maximum Gasteiger partial charge on any atom is 0.261 e. The second-order valence-electron chi connectivity index (χ2n) is 5.12. The van der Waals surface area contributed by atoms with Crippen molar-refractivity contribution >= 4 is 37.2 Å². The van der Waals surface area contributed by atoms with Crippen molar-refractivity contribution in [3.8, 4) is 0 Å². The molecule has 1 fully saturated rings. The Balaban J connectivity index is 2.17. The SMILES string of the molecule is CCC1(CNC(=O)c2cc(S(=O)(=O)Cl)ccc2Cl)CC1. The third-order valence-electron chi connectivity index (χ3n) is 3.80. The summed E-state index contributed by atoms with van der Waals surface area (Å²) in [6, 6.07) is 3.83. The van der Waals surface area contributed by atoms with Gasteiger partial charge in [0.05, 0.1) is 15.5 Å². The zero-order chi connectivity index (χ0) is 15.0. The van der Waals surface area contributed by atoms with Crippen molar-refractivity contribution in [2.75, 3.05) is 6.54 Å². The number of carbonyl (C=O) groups is 1. The van der Waals surface area contributed by atoms with Gasteiger partial charge in [-0.1, -0.05) is 18.5 Å². The lowest BCUT2D eigenvalue weighted by atomic mass is 10.0. The van der Waals surface area contributed by atoms with E-state index in [1.165, 1.54) is 18.2 Å². The Morgan fingerprint density at radius 1 is 1.40 bits per heavy atom. The van der Waals surface area contributed by atoms with E-state index in [2.05, 4.69) is 12.2 Å². The third-order valence-corrected chi connectivity index (χ3v) is 5.48. The van der Waals surface area contributed by atoms with Crippen LogP contribution < -0.4 is 5.32 Å². The fourth-order valence-corrected chi connectivity index (χ4v) is 3.01. The Morgan fingerprint density at radius 3 is 2.55 bits per heavy atom. The van der Waals surface area contributed by atoms with E-state index in [4.69, 9.17) is 22.3 Å². The lowest BCUT2D eigenvalue weighted by Crippen LogP contribution is -2.30. The van der Waals surface area contributed by atoms with Crippen LogP contribution in [-0.2, 0) is 9.05 Å². The number of benzene rings is 1. The highest BCUT2D eigenvalue weighted by atomic mass is 35.7. The number of rotatable bonds is 5. The van der Waals surface area contributed by atoms with Crippen molar-refractivity contribution in [1.82, 2.24) is 5.32 Å². The van der Waals surface area contributed by atoms with Crippen LogP contribution in [0.1, 0.15) is 36.5 Å². The molecule has 0 atom stereocenters. The average molecular weight is 336 g/mol. The molecule has 1 N–H and O–H groups in total. The molecule has 1 aromatic carbocycles. The van der Waals surface area contributed by atoms with Gasteiger partial charge >= 0.3 is 0 Å². The maximum absolute atomic E-state index is 12.1. The number of carbonyl (C=O) groups excluding carboxylic acids is 1. The maximum atomic E-state index is 12.1. The lowest BCUT2D eigenvalue weighted by molar-refractivity contribution is 0.0944. The van der Waals surface area contributed by atoms with E-state index < -0.39 is 9.05 Å². The summed E-state index contributed by atoms with van der Waals surface area (Å²) in [5.74, 6) is -0.378. The molecule has 7 heteroatoms. The van der Waals surface area contributed by atoms with Gasteiger partial charge in [0.25, 0.3) is 15.0 Å².